The lowest BCUT2D eigenvalue weighted by molar-refractivity contribution is 0.413. The lowest BCUT2D eigenvalue weighted by atomic mass is 10.2. The summed E-state index contributed by atoms with van der Waals surface area (Å²) in [7, 11) is 1.50. The molecular weight excluding hydrogens is 126 g/mol. The van der Waals surface area contributed by atoms with Crippen LogP contribution in [0.4, 0.5) is 0 Å². The zero-order chi connectivity index (χ0) is 8.27. The Balaban J connectivity index is 3.19. The molecule has 0 radical (unpaired) electrons. The van der Waals surface area contributed by atoms with E-state index in [0.717, 1.165) is 0 Å². The Labute approximate surface area is 61.1 Å². The molecule has 0 N–H and O–H groups in total. The highest BCUT2D eigenvalue weighted by atomic mass is 16.5. The lowest BCUT2D eigenvalue weighted by Gasteiger charge is -1.98. The normalized spacial score (nSPS) is 9.80. The Morgan fingerprint density at radius 1 is 1.70 bits per heavy atom. The van der Waals surface area contributed by atoms with Gasteiger partial charge in [-0.05, 0) is 12.1 Å². The molecule has 1 aromatic carbocycles. The SMILES string of the molecule is [3H]c1ccc(OC)c(C#N)c1. The van der Waals surface area contributed by atoms with Crippen LogP contribution < -0.4 is 4.74 Å². The van der Waals surface area contributed by atoms with Gasteiger partial charge in [0.15, 0.2) is 0 Å². The largest absolute Gasteiger partial charge is 0.495 e. The van der Waals surface area contributed by atoms with Gasteiger partial charge in [0.1, 0.15) is 11.8 Å². The van der Waals surface area contributed by atoms with Crippen molar-refractivity contribution < 1.29 is 6.11 Å². The summed E-state index contributed by atoms with van der Waals surface area (Å²) in [6.07, 6.45) is 0. The summed E-state index contributed by atoms with van der Waals surface area (Å²) in [5, 5.41) is 8.56. The van der Waals surface area contributed by atoms with Crippen molar-refractivity contribution >= 4 is 0 Å². The fourth-order valence-corrected chi connectivity index (χ4v) is 0.682. The first-order valence-electron chi connectivity index (χ1n) is 3.32. The van der Waals surface area contributed by atoms with Crippen LogP contribution in [0.5, 0.6) is 5.75 Å². The van der Waals surface area contributed by atoms with E-state index < -0.39 is 0 Å². The first-order valence-corrected chi connectivity index (χ1v) is 2.82. The summed E-state index contributed by atoms with van der Waals surface area (Å²) >= 11 is 0. The van der Waals surface area contributed by atoms with Gasteiger partial charge in [0.2, 0.25) is 0 Å². The van der Waals surface area contributed by atoms with Crippen molar-refractivity contribution in [1.29, 1.82) is 5.26 Å². The smallest absolute Gasteiger partial charge is 0.136 e. The molecule has 0 saturated carbocycles. The summed E-state index contributed by atoms with van der Waals surface area (Å²) < 4.78 is 12.1. The average Bonchev–Trinajstić information content (AvgIpc) is 2.04. The molecule has 0 unspecified atom stereocenters. The molecule has 1 aromatic rings. The van der Waals surface area contributed by atoms with Gasteiger partial charge in [-0.15, -0.1) is 0 Å². The van der Waals surface area contributed by atoms with E-state index in [4.69, 9.17) is 11.4 Å². The second-order valence-corrected chi connectivity index (χ2v) is 1.74. The van der Waals surface area contributed by atoms with Crippen LogP contribution >= 0.6 is 0 Å². The highest BCUT2D eigenvalue weighted by molar-refractivity contribution is 5.42. The molecule has 0 spiro atoms. The molecule has 2 heteroatoms. The van der Waals surface area contributed by atoms with Gasteiger partial charge in [-0.1, -0.05) is 12.1 Å². The van der Waals surface area contributed by atoms with Crippen LogP contribution in [0.15, 0.2) is 24.2 Å². The van der Waals surface area contributed by atoms with Crippen LogP contribution in [0, 0.1) is 11.3 Å². The summed E-state index contributed by atoms with van der Waals surface area (Å²) in [4.78, 5) is 0. The molecule has 50 valence electrons. The van der Waals surface area contributed by atoms with Crippen molar-refractivity contribution in [3.05, 3.63) is 29.8 Å². The zero-order valence-electron chi connectivity index (χ0n) is 6.59. The number of ether oxygens (including phenoxy) is 1. The van der Waals surface area contributed by atoms with Gasteiger partial charge >= 0.3 is 0 Å². The third kappa shape index (κ3) is 1.08. The van der Waals surface area contributed by atoms with Gasteiger partial charge in [-0.3, -0.25) is 0 Å². The molecule has 0 amide bonds. The highest BCUT2D eigenvalue weighted by Gasteiger charge is 1.96. The minimum Gasteiger partial charge on any atom is -0.495 e. The van der Waals surface area contributed by atoms with Crippen LogP contribution in [0.2, 0.25) is 0 Å². The number of nitriles is 1. The predicted molar refractivity (Wildman–Crippen MR) is 37.7 cm³/mol. The molecule has 0 aliphatic heterocycles. The molecule has 0 aromatic heterocycles. The van der Waals surface area contributed by atoms with Crippen molar-refractivity contribution in [2.24, 2.45) is 0 Å². The van der Waals surface area contributed by atoms with Crippen molar-refractivity contribution in [2.45, 2.75) is 0 Å². The number of hydrogen-bond donors (Lipinski definition) is 0. The van der Waals surface area contributed by atoms with E-state index in [1.165, 1.54) is 13.2 Å². The van der Waals surface area contributed by atoms with E-state index in [0.29, 0.717) is 17.4 Å². The number of methoxy groups -OCH3 is 1. The van der Waals surface area contributed by atoms with Crippen LogP contribution in [0.25, 0.3) is 0 Å². The van der Waals surface area contributed by atoms with Gasteiger partial charge in [0.25, 0.3) is 0 Å². The Morgan fingerprint density at radius 2 is 2.50 bits per heavy atom. The van der Waals surface area contributed by atoms with Crippen molar-refractivity contribution in [3.63, 3.8) is 0 Å². The van der Waals surface area contributed by atoms with Gasteiger partial charge in [0.05, 0.1) is 14.0 Å². The van der Waals surface area contributed by atoms with Gasteiger partial charge in [-0.2, -0.15) is 5.26 Å². The molecule has 0 heterocycles. The number of nitrogens with zero attached hydrogens (tertiary/aromatic N) is 1. The molecular formula is C8H7NO. The van der Waals surface area contributed by atoms with E-state index >= 15 is 0 Å². The van der Waals surface area contributed by atoms with Crippen LogP contribution in [0.1, 0.15) is 6.93 Å². The minimum absolute atomic E-state index is 0.322. The average molecular weight is 135 g/mol. The van der Waals surface area contributed by atoms with Crippen molar-refractivity contribution in [2.75, 3.05) is 7.11 Å². The first-order chi connectivity index (χ1) is 5.27. The van der Waals surface area contributed by atoms with Crippen molar-refractivity contribution in [1.82, 2.24) is 0 Å². The molecule has 0 saturated heterocycles. The van der Waals surface area contributed by atoms with E-state index in [1.54, 1.807) is 12.1 Å². The molecule has 10 heavy (non-hydrogen) atoms. The maximum atomic E-state index is 8.56. The van der Waals surface area contributed by atoms with E-state index in [2.05, 4.69) is 0 Å². The molecule has 0 atom stereocenters. The summed E-state index contributed by atoms with van der Waals surface area (Å²) in [6, 6.07) is 6.93. The third-order valence-electron chi connectivity index (χ3n) is 1.16. The number of para-hydroxylation sites is 1. The molecule has 0 fully saturated rings. The van der Waals surface area contributed by atoms with Crippen LogP contribution in [0.3, 0.4) is 0 Å². The first kappa shape index (κ1) is 5.31. The minimum atomic E-state index is 0.322. The molecule has 0 aliphatic rings. The number of hydrogen-bond acceptors (Lipinski definition) is 2. The topological polar surface area (TPSA) is 33.0 Å². The quantitative estimate of drug-likeness (QED) is 0.585. The van der Waals surface area contributed by atoms with E-state index in [1.807, 2.05) is 6.07 Å². The fourth-order valence-electron chi connectivity index (χ4n) is 0.682. The zero-order valence-corrected chi connectivity index (χ0v) is 5.59. The second-order valence-electron chi connectivity index (χ2n) is 1.74. The highest BCUT2D eigenvalue weighted by Crippen LogP contribution is 2.14. The van der Waals surface area contributed by atoms with E-state index in [-0.39, 0.29) is 0 Å². The van der Waals surface area contributed by atoms with Crippen molar-refractivity contribution in [3.8, 4) is 11.8 Å². The number of rotatable bonds is 1. The lowest BCUT2D eigenvalue weighted by Crippen LogP contribution is -1.85. The molecule has 2 nitrogen and oxygen atoms in total. The van der Waals surface area contributed by atoms with Gasteiger partial charge in [-0.25, -0.2) is 0 Å². The molecule has 1 rings (SSSR count). The molecule has 0 aliphatic carbocycles. The predicted octanol–water partition coefficient (Wildman–Crippen LogP) is 1.57. The maximum Gasteiger partial charge on any atom is 0.136 e. The fraction of sp³-hybridized carbons (Fsp3) is 0.125. The Bertz CT molecular complexity index is 303. The second kappa shape index (κ2) is 2.88. The standard InChI is InChI=1S/C8H7NO/c1-10-8-5-3-2-4-7(8)6-9/h2-5H,1H3/i2T. The third-order valence-corrected chi connectivity index (χ3v) is 1.16. The van der Waals surface area contributed by atoms with Gasteiger partial charge < -0.3 is 4.74 Å². The monoisotopic (exact) mass is 135 g/mol. The summed E-state index contributed by atoms with van der Waals surface area (Å²) in [5.74, 6) is 0.517. The Kier molecular flexibility index (Phi) is 1.53. The maximum absolute atomic E-state index is 8.56. The molecule has 0 bridgehead atoms. The summed E-state index contributed by atoms with van der Waals surface area (Å²) in [5.41, 5.74) is 0.403. The summed E-state index contributed by atoms with van der Waals surface area (Å²) in [6.45, 7) is 0. The Hall–Kier alpha value is -1.49. The number of benzene rings is 1. The van der Waals surface area contributed by atoms with E-state index in [9.17, 15) is 0 Å². The van der Waals surface area contributed by atoms with Crippen LogP contribution in [-0.2, 0) is 0 Å². The van der Waals surface area contributed by atoms with Gasteiger partial charge in [0, 0.05) is 0 Å². The Morgan fingerprint density at radius 3 is 3.10 bits per heavy atom. The van der Waals surface area contributed by atoms with Crippen LogP contribution in [-0.4, -0.2) is 7.11 Å².